The number of carbonyl (C=O) groups is 1. The van der Waals surface area contributed by atoms with Crippen LogP contribution in [0.3, 0.4) is 0 Å². The van der Waals surface area contributed by atoms with Crippen molar-refractivity contribution in [1.82, 2.24) is 5.32 Å². The first-order valence-corrected chi connectivity index (χ1v) is 6.25. The first-order valence-electron chi connectivity index (χ1n) is 6.25. The van der Waals surface area contributed by atoms with E-state index in [1.165, 1.54) is 11.1 Å². The van der Waals surface area contributed by atoms with E-state index in [1.54, 1.807) is 13.8 Å². The molecule has 1 aromatic carbocycles. The minimum Gasteiger partial charge on any atom is -0.481 e. The summed E-state index contributed by atoms with van der Waals surface area (Å²) in [6.07, 6.45) is 0.571. The van der Waals surface area contributed by atoms with Gasteiger partial charge in [-0.15, -0.1) is 0 Å². The quantitative estimate of drug-likeness (QED) is 0.843. The van der Waals surface area contributed by atoms with E-state index in [0.717, 1.165) is 5.56 Å². The molecule has 0 fully saturated rings. The average Bonchev–Trinajstić information content (AvgIpc) is 2.29. The summed E-state index contributed by atoms with van der Waals surface area (Å²) in [6, 6.07) is 6.36. The number of nitrogens with one attached hydrogen (secondary N) is 1. The van der Waals surface area contributed by atoms with E-state index in [4.69, 9.17) is 0 Å². The molecule has 1 unspecified atom stereocenters. The summed E-state index contributed by atoms with van der Waals surface area (Å²) in [7, 11) is 1.87. The van der Waals surface area contributed by atoms with Crippen molar-refractivity contribution in [3.8, 4) is 0 Å². The highest BCUT2D eigenvalue weighted by molar-refractivity contribution is 5.73. The smallest absolute Gasteiger partial charge is 0.309 e. The van der Waals surface area contributed by atoms with Crippen molar-refractivity contribution < 1.29 is 9.90 Å². The van der Waals surface area contributed by atoms with Crippen LogP contribution in [0.1, 0.15) is 43.0 Å². The molecule has 2 N–H and O–H groups in total. The van der Waals surface area contributed by atoms with Crippen molar-refractivity contribution in [3.05, 3.63) is 34.9 Å². The molecule has 1 atom stereocenters. The van der Waals surface area contributed by atoms with Gasteiger partial charge in [-0.05, 0) is 57.9 Å². The lowest BCUT2D eigenvalue weighted by atomic mass is 9.83. The third-order valence-corrected chi connectivity index (χ3v) is 3.58. The first kappa shape index (κ1) is 14.7. The zero-order valence-electron chi connectivity index (χ0n) is 11.9. The Kier molecular flexibility index (Phi) is 4.52. The number of hydrogen-bond acceptors (Lipinski definition) is 2. The molecule has 0 aliphatic rings. The fraction of sp³-hybridized carbons (Fsp3) is 0.533. The number of rotatable bonds is 5. The van der Waals surface area contributed by atoms with Crippen molar-refractivity contribution in [2.45, 2.75) is 40.2 Å². The largest absolute Gasteiger partial charge is 0.481 e. The van der Waals surface area contributed by atoms with E-state index in [9.17, 15) is 9.90 Å². The number of hydrogen-bond donors (Lipinski definition) is 2. The molecule has 3 nitrogen and oxygen atoms in total. The summed E-state index contributed by atoms with van der Waals surface area (Å²) in [5, 5.41) is 12.4. The fourth-order valence-corrected chi connectivity index (χ4v) is 1.97. The van der Waals surface area contributed by atoms with Gasteiger partial charge in [-0.2, -0.15) is 0 Å². The maximum absolute atomic E-state index is 11.2. The summed E-state index contributed by atoms with van der Waals surface area (Å²) in [5.74, 6) is -0.758. The highest BCUT2D eigenvalue weighted by Gasteiger charge is 2.30. The van der Waals surface area contributed by atoms with Gasteiger partial charge in [-0.1, -0.05) is 18.2 Å². The summed E-state index contributed by atoms with van der Waals surface area (Å²) >= 11 is 0. The third-order valence-electron chi connectivity index (χ3n) is 3.58. The molecule has 0 aliphatic heterocycles. The summed E-state index contributed by atoms with van der Waals surface area (Å²) in [4.78, 5) is 11.2. The summed E-state index contributed by atoms with van der Waals surface area (Å²) in [6.45, 7) is 7.68. The molecule has 0 saturated heterocycles. The number of aliphatic carboxylic acids is 1. The lowest BCUT2D eigenvalue weighted by Gasteiger charge is -2.26. The molecular formula is C15H23NO2. The minimum atomic E-state index is -0.758. The summed E-state index contributed by atoms with van der Waals surface area (Å²) in [5.41, 5.74) is 2.91. The van der Waals surface area contributed by atoms with E-state index in [1.807, 2.05) is 7.05 Å². The van der Waals surface area contributed by atoms with Gasteiger partial charge in [0, 0.05) is 6.04 Å². The van der Waals surface area contributed by atoms with Crippen LogP contribution < -0.4 is 5.32 Å². The van der Waals surface area contributed by atoms with Crippen LogP contribution in [0.5, 0.6) is 0 Å². The van der Waals surface area contributed by atoms with Crippen LogP contribution in [0.4, 0.5) is 0 Å². The van der Waals surface area contributed by atoms with E-state index in [2.05, 4.69) is 37.4 Å². The van der Waals surface area contributed by atoms with Crippen molar-refractivity contribution in [1.29, 1.82) is 0 Å². The predicted octanol–water partition coefficient (Wildman–Crippen LogP) is 3.06. The van der Waals surface area contributed by atoms with Gasteiger partial charge < -0.3 is 10.4 Å². The van der Waals surface area contributed by atoms with Crippen molar-refractivity contribution in [3.63, 3.8) is 0 Å². The Morgan fingerprint density at radius 3 is 2.39 bits per heavy atom. The molecule has 0 heterocycles. The lowest BCUT2D eigenvalue weighted by molar-refractivity contribution is -0.147. The van der Waals surface area contributed by atoms with Crippen LogP contribution in [0.25, 0.3) is 0 Å². The second-order valence-electron chi connectivity index (χ2n) is 5.58. The Morgan fingerprint density at radius 1 is 1.33 bits per heavy atom. The van der Waals surface area contributed by atoms with Gasteiger partial charge in [0.1, 0.15) is 0 Å². The first-order chi connectivity index (χ1) is 8.27. The van der Waals surface area contributed by atoms with Gasteiger partial charge in [-0.25, -0.2) is 0 Å². The Morgan fingerprint density at radius 2 is 1.94 bits per heavy atom. The van der Waals surface area contributed by atoms with Crippen LogP contribution in [0.2, 0.25) is 0 Å². The van der Waals surface area contributed by atoms with Gasteiger partial charge in [0.05, 0.1) is 5.41 Å². The molecule has 0 radical (unpaired) electrons. The molecule has 1 aromatic rings. The van der Waals surface area contributed by atoms with Gasteiger partial charge in [-0.3, -0.25) is 4.79 Å². The van der Waals surface area contributed by atoms with Crippen LogP contribution in [0, 0.1) is 19.3 Å². The molecule has 0 aromatic heterocycles. The zero-order chi connectivity index (χ0) is 13.9. The molecule has 0 aliphatic carbocycles. The van der Waals surface area contributed by atoms with Crippen LogP contribution in [-0.4, -0.2) is 18.1 Å². The second kappa shape index (κ2) is 5.53. The second-order valence-corrected chi connectivity index (χ2v) is 5.58. The van der Waals surface area contributed by atoms with Gasteiger partial charge in [0.15, 0.2) is 0 Å². The van der Waals surface area contributed by atoms with Crippen molar-refractivity contribution in [2.24, 2.45) is 5.41 Å². The van der Waals surface area contributed by atoms with E-state index in [0.29, 0.717) is 6.42 Å². The molecule has 0 saturated carbocycles. The molecule has 0 bridgehead atoms. The molecule has 3 heteroatoms. The fourth-order valence-electron chi connectivity index (χ4n) is 1.97. The van der Waals surface area contributed by atoms with Crippen LogP contribution in [0.15, 0.2) is 18.2 Å². The van der Waals surface area contributed by atoms with Gasteiger partial charge in [0.25, 0.3) is 0 Å². The van der Waals surface area contributed by atoms with Crippen LogP contribution >= 0.6 is 0 Å². The molecule has 0 spiro atoms. The predicted molar refractivity (Wildman–Crippen MR) is 73.8 cm³/mol. The summed E-state index contributed by atoms with van der Waals surface area (Å²) < 4.78 is 0. The van der Waals surface area contributed by atoms with E-state index >= 15 is 0 Å². The average molecular weight is 249 g/mol. The number of carboxylic acids is 1. The van der Waals surface area contributed by atoms with E-state index in [-0.39, 0.29) is 6.04 Å². The Bertz CT molecular complexity index is 438. The Hall–Kier alpha value is -1.35. The normalized spacial score (nSPS) is 13.4. The number of aryl methyl sites for hydroxylation is 2. The lowest BCUT2D eigenvalue weighted by Crippen LogP contribution is -2.30. The highest BCUT2D eigenvalue weighted by Crippen LogP contribution is 2.30. The van der Waals surface area contributed by atoms with E-state index < -0.39 is 11.4 Å². The van der Waals surface area contributed by atoms with Crippen molar-refractivity contribution >= 4 is 5.97 Å². The molecule has 1 rings (SSSR count). The third kappa shape index (κ3) is 3.33. The molecule has 100 valence electrons. The molecule has 0 amide bonds. The number of benzene rings is 1. The van der Waals surface area contributed by atoms with Crippen molar-refractivity contribution in [2.75, 3.05) is 7.05 Å². The zero-order valence-corrected chi connectivity index (χ0v) is 11.9. The molecular weight excluding hydrogens is 226 g/mol. The molecule has 18 heavy (non-hydrogen) atoms. The Balaban J connectivity index is 2.96. The minimum absolute atomic E-state index is 0.0652. The monoisotopic (exact) mass is 249 g/mol. The van der Waals surface area contributed by atoms with Gasteiger partial charge in [0.2, 0.25) is 0 Å². The SMILES string of the molecule is CNC(CC(C)(C)C(=O)O)c1ccc(C)c(C)c1. The van der Waals surface area contributed by atoms with Crippen LogP contribution in [-0.2, 0) is 4.79 Å². The topological polar surface area (TPSA) is 49.3 Å². The maximum atomic E-state index is 11.2. The Labute approximate surface area is 109 Å². The highest BCUT2D eigenvalue weighted by atomic mass is 16.4. The maximum Gasteiger partial charge on any atom is 0.309 e. The van der Waals surface area contributed by atoms with Gasteiger partial charge >= 0.3 is 5.97 Å². The standard InChI is InChI=1S/C15H23NO2/c1-10-6-7-12(8-11(10)2)13(16-5)9-15(3,4)14(17)18/h6-8,13,16H,9H2,1-5H3,(H,17,18). The number of carboxylic acid groups (broad SMARTS) is 1.